The van der Waals surface area contributed by atoms with E-state index in [1.165, 1.54) is 35.1 Å². The van der Waals surface area contributed by atoms with Crippen molar-refractivity contribution in [1.29, 1.82) is 5.26 Å². The zero-order valence-corrected chi connectivity index (χ0v) is 11.2. The topological polar surface area (TPSA) is 36.7 Å². The molecule has 0 unspecified atom stereocenters. The van der Waals surface area contributed by atoms with Crippen LogP contribution in [0.5, 0.6) is 0 Å². The highest BCUT2D eigenvalue weighted by Crippen LogP contribution is 2.35. The summed E-state index contributed by atoms with van der Waals surface area (Å²) in [5, 5.41) is 11.7. The Balaban J connectivity index is 2.11. The van der Waals surface area contributed by atoms with Gasteiger partial charge >= 0.3 is 0 Å². The van der Waals surface area contributed by atoms with E-state index < -0.39 is 0 Å². The molecule has 0 amide bonds. The largest absolute Gasteiger partial charge is 0.240 e. The number of nitrogens with zero attached hydrogens (tertiary/aromatic N) is 2. The smallest absolute Gasteiger partial charge is 0.107 e. The molecular weight excluding hydrogens is 240 g/mol. The van der Waals surface area contributed by atoms with E-state index in [9.17, 15) is 0 Å². The second-order valence-corrected chi connectivity index (χ2v) is 5.65. The number of benzene rings is 1. The Hall–Kier alpha value is -1.66. The molecule has 0 N–H and O–H groups in total. The third kappa shape index (κ3) is 1.83. The number of aryl methyl sites for hydroxylation is 2. The van der Waals surface area contributed by atoms with E-state index in [0.717, 1.165) is 17.1 Å². The summed E-state index contributed by atoms with van der Waals surface area (Å²) in [5.41, 5.74) is 6.62. The predicted molar refractivity (Wildman–Crippen MR) is 73.6 cm³/mol. The summed E-state index contributed by atoms with van der Waals surface area (Å²) in [6.07, 6.45) is 4.02. The van der Waals surface area contributed by atoms with Crippen molar-refractivity contribution < 1.29 is 0 Å². The van der Waals surface area contributed by atoms with Crippen LogP contribution in [0.25, 0.3) is 11.3 Å². The molecule has 3 rings (SSSR count). The monoisotopic (exact) mass is 254 g/mol. The minimum Gasteiger partial charge on any atom is -0.240 e. The highest BCUT2D eigenvalue weighted by molar-refractivity contribution is 7.10. The first-order chi connectivity index (χ1) is 8.79. The molecule has 3 heteroatoms. The number of hydrogen-bond acceptors (Lipinski definition) is 3. The molecule has 90 valence electrons. The molecule has 0 spiro atoms. The second-order valence-electron chi connectivity index (χ2n) is 4.71. The SMILES string of the molecule is Cc1ccc2c(c1-c1csc(CC#N)n1)CCC2. The van der Waals surface area contributed by atoms with Crippen LogP contribution < -0.4 is 0 Å². The lowest BCUT2D eigenvalue weighted by molar-refractivity contribution is 0.912. The molecule has 1 aliphatic rings. The first-order valence-corrected chi connectivity index (χ1v) is 7.10. The van der Waals surface area contributed by atoms with Crippen LogP contribution in [-0.4, -0.2) is 4.98 Å². The van der Waals surface area contributed by atoms with Gasteiger partial charge < -0.3 is 0 Å². The first-order valence-electron chi connectivity index (χ1n) is 6.22. The molecular formula is C15H14N2S. The average Bonchev–Trinajstić information content (AvgIpc) is 2.98. The maximum Gasteiger partial charge on any atom is 0.107 e. The summed E-state index contributed by atoms with van der Waals surface area (Å²) in [5.74, 6) is 0. The van der Waals surface area contributed by atoms with E-state index in [1.54, 1.807) is 11.3 Å². The molecule has 0 saturated heterocycles. The van der Waals surface area contributed by atoms with Gasteiger partial charge in [-0.05, 0) is 42.9 Å². The van der Waals surface area contributed by atoms with Crippen molar-refractivity contribution in [2.45, 2.75) is 32.6 Å². The minimum absolute atomic E-state index is 0.415. The van der Waals surface area contributed by atoms with Crippen molar-refractivity contribution in [3.8, 4) is 17.3 Å². The van der Waals surface area contributed by atoms with Gasteiger partial charge in [0, 0.05) is 10.9 Å². The minimum atomic E-state index is 0.415. The van der Waals surface area contributed by atoms with Gasteiger partial charge in [-0.1, -0.05) is 12.1 Å². The molecule has 0 aliphatic heterocycles. The molecule has 1 aromatic carbocycles. The van der Waals surface area contributed by atoms with Gasteiger partial charge in [-0.3, -0.25) is 0 Å². The molecule has 1 aliphatic carbocycles. The molecule has 2 aromatic rings. The summed E-state index contributed by atoms with van der Waals surface area (Å²) >= 11 is 1.59. The van der Waals surface area contributed by atoms with Gasteiger partial charge in [0.1, 0.15) is 5.01 Å². The number of fused-ring (bicyclic) bond motifs is 1. The van der Waals surface area contributed by atoms with Crippen LogP contribution in [0, 0.1) is 18.3 Å². The van der Waals surface area contributed by atoms with Gasteiger partial charge in [-0.25, -0.2) is 4.98 Å². The molecule has 0 fully saturated rings. The zero-order chi connectivity index (χ0) is 12.5. The van der Waals surface area contributed by atoms with E-state index in [1.807, 2.05) is 0 Å². The Morgan fingerprint density at radius 2 is 2.28 bits per heavy atom. The third-order valence-electron chi connectivity index (χ3n) is 3.53. The second kappa shape index (κ2) is 4.55. The summed E-state index contributed by atoms with van der Waals surface area (Å²) in [7, 11) is 0. The van der Waals surface area contributed by atoms with Crippen LogP contribution >= 0.6 is 11.3 Å². The summed E-state index contributed by atoms with van der Waals surface area (Å²) in [4.78, 5) is 4.60. The Morgan fingerprint density at radius 3 is 3.11 bits per heavy atom. The van der Waals surface area contributed by atoms with Crippen molar-refractivity contribution in [2.24, 2.45) is 0 Å². The van der Waals surface area contributed by atoms with E-state index in [-0.39, 0.29) is 0 Å². The Bertz CT molecular complexity index is 634. The third-order valence-corrected chi connectivity index (χ3v) is 4.38. The Labute approximate surface area is 111 Å². The highest BCUT2D eigenvalue weighted by atomic mass is 32.1. The summed E-state index contributed by atoms with van der Waals surface area (Å²) in [6, 6.07) is 6.61. The number of rotatable bonds is 2. The van der Waals surface area contributed by atoms with E-state index >= 15 is 0 Å². The van der Waals surface area contributed by atoms with Crippen molar-refractivity contribution in [3.63, 3.8) is 0 Å². The Morgan fingerprint density at radius 1 is 1.39 bits per heavy atom. The quantitative estimate of drug-likeness (QED) is 0.819. The maximum atomic E-state index is 8.73. The average molecular weight is 254 g/mol. The van der Waals surface area contributed by atoms with E-state index in [0.29, 0.717) is 6.42 Å². The van der Waals surface area contributed by atoms with Gasteiger partial charge in [0.25, 0.3) is 0 Å². The number of hydrogen-bond donors (Lipinski definition) is 0. The predicted octanol–water partition coefficient (Wildman–Crippen LogP) is 3.67. The van der Waals surface area contributed by atoms with Gasteiger partial charge in [0.15, 0.2) is 0 Å². The zero-order valence-electron chi connectivity index (χ0n) is 10.4. The molecule has 18 heavy (non-hydrogen) atoms. The molecule has 0 radical (unpaired) electrons. The van der Waals surface area contributed by atoms with Crippen molar-refractivity contribution in [1.82, 2.24) is 4.98 Å². The lowest BCUT2D eigenvalue weighted by atomic mass is 9.96. The lowest BCUT2D eigenvalue weighted by Gasteiger charge is -2.09. The van der Waals surface area contributed by atoms with Crippen LogP contribution in [-0.2, 0) is 19.3 Å². The van der Waals surface area contributed by atoms with Gasteiger partial charge in [0.05, 0.1) is 18.2 Å². The van der Waals surface area contributed by atoms with Crippen LogP contribution in [0.3, 0.4) is 0 Å². The Kier molecular flexibility index (Phi) is 2.89. The fourth-order valence-electron chi connectivity index (χ4n) is 2.71. The maximum absolute atomic E-state index is 8.73. The highest BCUT2D eigenvalue weighted by Gasteiger charge is 2.19. The fourth-order valence-corrected chi connectivity index (χ4v) is 3.43. The standard InChI is InChI=1S/C15H14N2S/c1-10-5-6-11-3-2-4-12(11)15(10)13-9-18-14(17-13)7-8-16/h5-6,9H,2-4,7H2,1H3. The van der Waals surface area contributed by atoms with Gasteiger partial charge in [0.2, 0.25) is 0 Å². The van der Waals surface area contributed by atoms with Gasteiger partial charge in [-0.15, -0.1) is 11.3 Å². The molecule has 1 aromatic heterocycles. The number of aromatic nitrogens is 1. The summed E-state index contributed by atoms with van der Waals surface area (Å²) in [6.45, 7) is 2.15. The van der Waals surface area contributed by atoms with E-state index in [2.05, 4.69) is 35.5 Å². The normalized spacial score (nSPS) is 13.3. The van der Waals surface area contributed by atoms with Crippen LogP contribution in [0.15, 0.2) is 17.5 Å². The first kappa shape index (κ1) is 11.4. The molecule has 0 saturated carbocycles. The lowest BCUT2D eigenvalue weighted by Crippen LogP contribution is -1.93. The van der Waals surface area contributed by atoms with E-state index in [4.69, 9.17) is 5.26 Å². The van der Waals surface area contributed by atoms with Crippen molar-refractivity contribution in [2.75, 3.05) is 0 Å². The van der Waals surface area contributed by atoms with Crippen molar-refractivity contribution >= 4 is 11.3 Å². The van der Waals surface area contributed by atoms with Crippen LogP contribution in [0.2, 0.25) is 0 Å². The fraction of sp³-hybridized carbons (Fsp3) is 0.333. The number of thiazole rings is 1. The van der Waals surface area contributed by atoms with Crippen LogP contribution in [0.1, 0.15) is 28.1 Å². The molecule has 0 atom stereocenters. The molecule has 0 bridgehead atoms. The summed E-state index contributed by atoms with van der Waals surface area (Å²) < 4.78 is 0. The van der Waals surface area contributed by atoms with Gasteiger partial charge in [-0.2, -0.15) is 5.26 Å². The van der Waals surface area contributed by atoms with Crippen LogP contribution in [0.4, 0.5) is 0 Å². The number of nitriles is 1. The van der Waals surface area contributed by atoms with Crippen molar-refractivity contribution in [3.05, 3.63) is 39.2 Å². The molecule has 1 heterocycles. The molecule has 2 nitrogen and oxygen atoms in total.